The SMILES string of the molecule is CCCCCN1NC2=CC(C)=CCC2C1C#N. The number of unbranched alkanes of at least 4 members (excludes halogenated alkanes) is 2. The lowest BCUT2D eigenvalue weighted by Gasteiger charge is -2.20. The third-order valence-corrected chi connectivity index (χ3v) is 3.60. The second-order valence-electron chi connectivity index (χ2n) is 4.98. The molecule has 2 rings (SSSR count). The lowest BCUT2D eigenvalue weighted by molar-refractivity contribution is 0.207. The first kappa shape index (κ1) is 12.2. The molecule has 1 fully saturated rings. The lowest BCUT2D eigenvalue weighted by Crippen LogP contribution is -2.37. The van der Waals surface area contributed by atoms with Gasteiger partial charge in [-0.3, -0.25) is 0 Å². The summed E-state index contributed by atoms with van der Waals surface area (Å²) < 4.78 is 0. The molecule has 0 saturated carbocycles. The van der Waals surface area contributed by atoms with Crippen LogP contribution in [0.25, 0.3) is 0 Å². The summed E-state index contributed by atoms with van der Waals surface area (Å²) in [5, 5.41) is 11.4. The molecule has 92 valence electrons. The van der Waals surface area contributed by atoms with Gasteiger partial charge in [0.05, 0.1) is 6.07 Å². The topological polar surface area (TPSA) is 39.1 Å². The molecule has 3 heteroatoms. The Morgan fingerprint density at radius 1 is 1.53 bits per heavy atom. The van der Waals surface area contributed by atoms with E-state index in [0.717, 1.165) is 19.4 Å². The summed E-state index contributed by atoms with van der Waals surface area (Å²) in [6, 6.07) is 2.45. The molecule has 0 spiro atoms. The van der Waals surface area contributed by atoms with Gasteiger partial charge in [-0.2, -0.15) is 5.26 Å². The van der Waals surface area contributed by atoms with Gasteiger partial charge in [-0.25, -0.2) is 5.01 Å². The van der Waals surface area contributed by atoms with E-state index in [1.807, 2.05) is 0 Å². The minimum Gasteiger partial charge on any atom is -0.321 e. The van der Waals surface area contributed by atoms with Crippen LogP contribution in [0.15, 0.2) is 23.4 Å². The molecule has 0 amide bonds. The summed E-state index contributed by atoms with van der Waals surface area (Å²) >= 11 is 0. The average Bonchev–Trinajstić information content (AvgIpc) is 2.66. The van der Waals surface area contributed by atoms with Gasteiger partial charge in [-0.05, 0) is 25.8 Å². The molecule has 1 saturated heterocycles. The molecule has 0 aromatic carbocycles. The molecule has 0 bridgehead atoms. The summed E-state index contributed by atoms with van der Waals surface area (Å²) in [6.07, 6.45) is 9.02. The van der Waals surface area contributed by atoms with Crippen molar-refractivity contribution < 1.29 is 0 Å². The first-order chi connectivity index (χ1) is 8.26. The predicted octanol–water partition coefficient (Wildman–Crippen LogP) is 2.74. The van der Waals surface area contributed by atoms with Crippen molar-refractivity contribution in [2.75, 3.05) is 6.54 Å². The van der Waals surface area contributed by atoms with Crippen molar-refractivity contribution in [3.63, 3.8) is 0 Å². The van der Waals surface area contributed by atoms with E-state index in [9.17, 15) is 5.26 Å². The number of nitrogens with zero attached hydrogens (tertiary/aromatic N) is 2. The second kappa shape index (κ2) is 5.37. The van der Waals surface area contributed by atoms with Crippen LogP contribution in [0.2, 0.25) is 0 Å². The first-order valence-electron chi connectivity index (χ1n) is 6.57. The van der Waals surface area contributed by atoms with Gasteiger partial charge in [-0.1, -0.05) is 31.4 Å². The minimum absolute atomic E-state index is 0.00227. The maximum absolute atomic E-state index is 9.32. The minimum atomic E-state index is 0.00227. The highest BCUT2D eigenvalue weighted by Crippen LogP contribution is 2.32. The molecule has 2 unspecified atom stereocenters. The van der Waals surface area contributed by atoms with Crippen molar-refractivity contribution >= 4 is 0 Å². The van der Waals surface area contributed by atoms with Crippen molar-refractivity contribution in [3.05, 3.63) is 23.4 Å². The number of fused-ring (bicyclic) bond motifs is 1. The van der Waals surface area contributed by atoms with Crippen LogP contribution < -0.4 is 5.43 Å². The summed E-state index contributed by atoms with van der Waals surface area (Å²) in [4.78, 5) is 0. The Bertz CT molecular complexity index is 375. The normalized spacial score (nSPS) is 27.8. The smallest absolute Gasteiger partial charge is 0.124 e. The number of hydrogen-bond acceptors (Lipinski definition) is 3. The number of nitriles is 1. The molecular weight excluding hydrogens is 210 g/mol. The van der Waals surface area contributed by atoms with Crippen LogP contribution >= 0.6 is 0 Å². The lowest BCUT2D eigenvalue weighted by atomic mass is 9.89. The van der Waals surface area contributed by atoms with Crippen LogP contribution in [0.3, 0.4) is 0 Å². The van der Waals surface area contributed by atoms with Gasteiger partial charge >= 0.3 is 0 Å². The predicted molar refractivity (Wildman–Crippen MR) is 68.7 cm³/mol. The molecule has 2 atom stereocenters. The van der Waals surface area contributed by atoms with Gasteiger partial charge in [-0.15, -0.1) is 0 Å². The highest BCUT2D eigenvalue weighted by atomic mass is 15.6. The molecule has 0 aromatic heterocycles. The number of hydrogen-bond donors (Lipinski definition) is 1. The zero-order valence-electron chi connectivity index (χ0n) is 10.7. The van der Waals surface area contributed by atoms with Crippen LogP contribution in [0, 0.1) is 17.2 Å². The molecule has 1 N–H and O–H groups in total. The van der Waals surface area contributed by atoms with Gasteiger partial charge in [0.1, 0.15) is 6.04 Å². The van der Waals surface area contributed by atoms with E-state index in [1.54, 1.807) is 0 Å². The highest BCUT2D eigenvalue weighted by Gasteiger charge is 2.37. The van der Waals surface area contributed by atoms with Crippen molar-refractivity contribution in [2.45, 2.75) is 45.6 Å². The van der Waals surface area contributed by atoms with E-state index in [1.165, 1.54) is 24.1 Å². The van der Waals surface area contributed by atoms with E-state index >= 15 is 0 Å². The zero-order valence-corrected chi connectivity index (χ0v) is 10.7. The van der Waals surface area contributed by atoms with Crippen molar-refractivity contribution in [1.29, 1.82) is 5.26 Å². The highest BCUT2D eigenvalue weighted by molar-refractivity contribution is 5.32. The standard InChI is InChI=1S/C14H21N3/c1-3-4-5-8-17-14(10-15)12-7-6-11(2)9-13(12)16-17/h6,9,12,14,16H,3-5,7-8H2,1-2H3. The van der Waals surface area contributed by atoms with E-state index in [2.05, 4.69) is 42.5 Å². The monoisotopic (exact) mass is 231 g/mol. The maximum atomic E-state index is 9.32. The summed E-state index contributed by atoms with van der Waals surface area (Å²) in [6.45, 7) is 5.29. The molecular formula is C14H21N3. The quantitative estimate of drug-likeness (QED) is 0.756. The fraction of sp³-hybridized carbons (Fsp3) is 0.643. The third kappa shape index (κ3) is 2.53. The molecule has 1 heterocycles. The Hall–Kier alpha value is -1.27. The van der Waals surface area contributed by atoms with Crippen LogP contribution in [0.5, 0.6) is 0 Å². The molecule has 0 radical (unpaired) electrons. The molecule has 1 aliphatic carbocycles. The van der Waals surface area contributed by atoms with Crippen molar-refractivity contribution in [1.82, 2.24) is 10.4 Å². The van der Waals surface area contributed by atoms with E-state index in [4.69, 9.17) is 0 Å². The van der Waals surface area contributed by atoms with Gasteiger partial charge in [0, 0.05) is 18.2 Å². The number of rotatable bonds is 4. The van der Waals surface area contributed by atoms with Crippen molar-refractivity contribution in [2.24, 2.45) is 5.92 Å². The number of hydrazine groups is 1. The maximum Gasteiger partial charge on any atom is 0.124 e. The van der Waals surface area contributed by atoms with Crippen LogP contribution in [-0.4, -0.2) is 17.6 Å². The van der Waals surface area contributed by atoms with E-state index in [-0.39, 0.29) is 6.04 Å². The van der Waals surface area contributed by atoms with Gasteiger partial charge < -0.3 is 5.43 Å². The molecule has 2 aliphatic rings. The summed E-state index contributed by atoms with van der Waals surface area (Å²) in [7, 11) is 0. The van der Waals surface area contributed by atoms with Crippen LogP contribution in [0.4, 0.5) is 0 Å². The van der Waals surface area contributed by atoms with Gasteiger partial charge in [0.2, 0.25) is 0 Å². The fourth-order valence-electron chi connectivity index (χ4n) is 2.60. The molecule has 1 aliphatic heterocycles. The number of nitrogens with one attached hydrogen (secondary N) is 1. The molecule has 3 nitrogen and oxygen atoms in total. The Morgan fingerprint density at radius 3 is 3.06 bits per heavy atom. The zero-order chi connectivity index (χ0) is 12.3. The summed E-state index contributed by atoms with van der Waals surface area (Å²) in [5.74, 6) is 0.352. The largest absolute Gasteiger partial charge is 0.321 e. The molecule has 17 heavy (non-hydrogen) atoms. The molecule has 0 aromatic rings. The first-order valence-corrected chi connectivity index (χ1v) is 6.57. The van der Waals surface area contributed by atoms with Crippen molar-refractivity contribution in [3.8, 4) is 6.07 Å². The van der Waals surface area contributed by atoms with Crippen LogP contribution in [0.1, 0.15) is 39.5 Å². The Morgan fingerprint density at radius 2 is 2.35 bits per heavy atom. The summed E-state index contributed by atoms with van der Waals surface area (Å²) in [5.41, 5.74) is 5.95. The Balaban J connectivity index is 2.02. The third-order valence-electron chi connectivity index (χ3n) is 3.60. The number of allylic oxidation sites excluding steroid dienone is 3. The van der Waals surface area contributed by atoms with E-state index < -0.39 is 0 Å². The van der Waals surface area contributed by atoms with Gasteiger partial charge in [0.15, 0.2) is 0 Å². The Labute approximate surface area is 104 Å². The second-order valence-corrected chi connectivity index (χ2v) is 4.98. The fourth-order valence-corrected chi connectivity index (χ4v) is 2.60. The Kier molecular flexibility index (Phi) is 3.86. The van der Waals surface area contributed by atoms with Gasteiger partial charge in [0.25, 0.3) is 0 Å². The van der Waals surface area contributed by atoms with E-state index in [0.29, 0.717) is 5.92 Å². The average molecular weight is 231 g/mol. The van der Waals surface area contributed by atoms with Crippen LogP contribution in [-0.2, 0) is 0 Å².